The molecule has 0 aliphatic carbocycles. The van der Waals surface area contributed by atoms with E-state index in [0.717, 1.165) is 11.4 Å². The third kappa shape index (κ3) is 2.49. The van der Waals surface area contributed by atoms with Crippen LogP contribution in [0.4, 0.5) is 21.6 Å². The first-order chi connectivity index (χ1) is 7.65. The Kier molecular flexibility index (Phi) is 3.05. The molecule has 3 nitrogen and oxygen atoms in total. The van der Waals surface area contributed by atoms with Crippen molar-refractivity contribution in [2.75, 3.05) is 11.1 Å². The summed E-state index contributed by atoms with van der Waals surface area (Å²) < 4.78 is 13.5. The summed E-state index contributed by atoms with van der Waals surface area (Å²) in [6, 6.07) is 7.92. The third-order valence-corrected chi connectivity index (χ3v) is 2.65. The fourth-order valence-corrected chi connectivity index (χ4v) is 1.72. The van der Waals surface area contributed by atoms with Gasteiger partial charge in [0.1, 0.15) is 11.6 Å². The van der Waals surface area contributed by atoms with Crippen molar-refractivity contribution in [3.63, 3.8) is 0 Å². The Morgan fingerprint density at radius 2 is 2.06 bits per heavy atom. The van der Waals surface area contributed by atoms with Gasteiger partial charge in [-0.05, 0) is 40.2 Å². The van der Waals surface area contributed by atoms with Gasteiger partial charge in [0, 0.05) is 22.4 Å². The van der Waals surface area contributed by atoms with Crippen molar-refractivity contribution in [1.82, 2.24) is 4.98 Å². The normalized spacial score (nSPS) is 10.1. The molecular weight excluding hydrogens is 273 g/mol. The van der Waals surface area contributed by atoms with Crippen LogP contribution in [0.5, 0.6) is 0 Å². The van der Waals surface area contributed by atoms with Crippen molar-refractivity contribution >= 4 is 33.1 Å². The molecule has 82 valence electrons. The molecule has 0 radical (unpaired) electrons. The third-order valence-electron chi connectivity index (χ3n) is 1.99. The maximum atomic E-state index is 12.9. The van der Waals surface area contributed by atoms with Crippen LogP contribution in [0.15, 0.2) is 41.0 Å². The first kappa shape index (κ1) is 10.9. The molecule has 1 heterocycles. The van der Waals surface area contributed by atoms with Gasteiger partial charge < -0.3 is 11.1 Å². The monoisotopic (exact) mass is 281 g/mol. The molecule has 2 aromatic rings. The Hall–Kier alpha value is -1.62. The number of anilines is 3. The zero-order chi connectivity index (χ0) is 11.5. The molecule has 0 amide bonds. The van der Waals surface area contributed by atoms with Crippen LogP contribution in [0.3, 0.4) is 0 Å². The van der Waals surface area contributed by atoms with E-state index in [0.29, 0.717) is 10.3 Å². The lowest BCUT2D eigenvalue weighted by molar-refractivity contribution is 0.627. The van der Waals surface area contributed by atoms with E-state index in [1.807, 2.05) is 0 Å². The topological polar surface area (TPSA) is 50.9 Å². The van der Waals surface area contributed by atoms with Crippen LogP contribution < -0.4 is 11.1 Å². The summed E-state index contributed by atoms with van der Waals surface area (Å²) in [5, 5.41) is 3.11. The summed E-state index contributed by atoms with van der Waals surface area (Å²) in [5.74, 6) is 0.148. The van der Waals surface area contributed by atoms with Crippen LogP contribution in [-0.4, -0.2) is 4.98 Å². The van der Waals surface area contributed by atoms with Crippen molar-refractivity contribution in [1.29, 1.82) is 0 Å². The number of nitrogen functional groups attached to an aromatic ring is 1. The molecule has 0 unspecified atom stereocenters. The number of halogens is 2. The molecule has 0 bridgehead atoms. The molecule has 0 spiro atoms. The summed E-state index contributed by atoms with van der Waals surface area (Å²) in [5.41, 5.74) is 7.13. The smallest absolute Gasteiger partial charge is 0.125 e. The zero-order valence-corrected chi connectivity index (χ0v) is 9.83. The number of hydrogen-bond acceptors (Lipinski definition) is 3. The first-order valence-corrected chi connectivity index (χ1v) is 5.38. The van der Waals surface area contributed by atoms with Crippen LogP contribution >= 0.6 is 15.9 Å². The lowest BCUT2D eigenvalue weighted by atomic mass is 10.3. The molecule has 0 saturated carbocycles. The molecular formula is C11H9BrFN3. The minimum atomic E-state index is -0.285. The summed E-state index contributed by atoms with van der Waals surface area (Å²) in [7, 11) is 0. The van der Waals surface area contributed by atoms with Gasteiger partial charge in [0.15, 0.2) is 0 Å². The van der Waals surface area contributed by atoms with Gasteiger partial charge in [0.25, 0.3) is 0 Å². The van der Waals surface area contributed by atoms with Crippen LogP contribution in [0.25, 0.3) is 0 Å². The Morgan fingerprint density at radius 3 is 2.75 bits per heavy atom. The second-order valence-corrected chi connectivity index (χ2v) is 4.07. The number of hydrogen-bond donors (Lipinski definition) is 2. The highest BCUT2D eigenvalue weighted by Gasteiger charge is 2.02. The minimum absolute atomic E-state index is 0.285. The van der Waals surface area contributed by atoms with E-state index >= 15 is 0 Å². The van der Waals surface area contributed by atoms with Gasteiger partial charge in [-0.25, -0.2) is 9.37 Å². The van der Waals surface area contributed by atoms with E-state index in [9.17, 15) is 4.39 Å². The van der Waals surface area contributed by atoms with Gasteiger partial charge in [-0.2, -0.15) is 0 Å². The minimum Gasteiger partial charge on any atom is -0.384 e. The van der Waals surface area contributed by atoms with Crippen molar-refractivity contribution < 1.29 is 4.39 Å². The molecule has 0 aliphatic heterocycles. The van der Waals surface area contributed by atoms with Crippen molar-refractivity contribution in [2.45, 2.75) is 0 Å². The molecule has 0 atom stereocenters. The fourth-order valence-electron chi connectivity index (χ4n) is 1.27. The van der Waals surface area contributed by atoms with Gasteiger partial charge in [0.2, 0.25) is 0 Å². The maximum absolute atomic E-state index is 12.9. The highest BCUT2D eigenvalue weighted by atomic mass is 79.9. The molecule has 5 heteroatoms. The summed E-state index contributed by atoms with van der Waals surface area (Å²) >= 11 is 3.27. The largest absolute Gasteiger partial charge is 0.384 e. The van der Waals surface area contributed by atoms with E-state index in [2.05, 4.69) is 26.2 Å². The number of nitrogens with zero attached hydrogens (tertiary/aromatic N) is 1. The second-order valence-electron chi connectivity index (χ2n) is 3.22. The fraction of sp³-hybridized carbons (Fsp3) is 0. The van der Waals surface area contributed by atoms with E-state index in [1.54, 1.807) is 24.4 Å². The van der Waals surface area contributed by atoms with Gasteiger partial charge in [0.05, 0.1) is 5.69 Å². The van der Waals surface area contributed by atoms with Crippen LogP contribution in [-0.2, 0) is 0 Å². The number of rotatable bonds is 2. The molecule has 3 N–H and O–H groups in total. The van der Waals surface area contributed by atoms with E-state index in [4.69, 9.17) is 5.73 Å². The number of aromatic nitrogens is 1. The molecule has 0 fully saturated rings. The number of pyridine rings is 1. The second kappa shape index (κ2) is 4.49. The number of nitrogens with two attached hydrogens (primary N) is 1. The van der Waals surface area contributed by atoms with Gasteiger partial charge in [-0.15, -0.1) is 0 Å². The Labute approximate surface area is 101 Å². The molecule has 2 rings (SSSR count). The Morgan fingerprint density at radius 1 is 1.25 bits per heavy atom. The summed E-state index contributed by atoms with van der Waals surface area (Å²) in [4.78, 5) is 3.88. The van der Waals surface area contributed by atoms with Gasteiger partial charge >= 0.3 is 0 Å². The molecule has 1 aromatic carbocycles. The zero-order valence-electron chi connectivity index (χ0n) is 8.24. The predicted octanol–water partition coefficient (Wildman–Crippen LogP) is 3.31. The lowest BCUT2D eigenvalue weighted by Gasteiger charge is -2.08. The average molecular weight is 282 g/mol. The predicted molar refractivity (Wildman–Crippen MR) is 66.0 cm³/mol. The SMILES string of the molecule is Nc1cc(Nc2ccc(F)cc2Br)ccn1. The molecule has 16 heavy (non-hydrogen) atoms. The average Bonchev–Trinajstić information content (AvgIpc) is 2.22. The maximum Gasteiger partial charge on any atom is 0.125 e. The van der Waals surface area contributed by atoms with Crippen LogP contribution in [0.1, 0.15) is 0 Å². The molecule has 0 aliphatic rings. The highest BCUT2D eigenvalue weighted by Crippen LogP contribution is 2.26. The van der Waals surface area contributed by atoms with Gasteiger partial charge in [-0.3, -0.25) is 0 Å². The molecule has 1 aromatic heterocycles. The number of nitrogens with one attached hydrogen (secondary N) is 1. The summed E-state index contributed by atoms with van der Waals surface area (Å²) in [6.45, 7) is 0. The van der Waals surface area contributed by atoms with E-state index in [1.165, 1.54) is 12.1 Å². The quantitative estimate of drug-likeness (QED) is 0.888. The number of benzene rings is 1. The Balaban J connectivity index is 2.27. The molecule has 0 saturated heterocycles. The van der Waals surface area contributed by atoms with Crippen molar-refractivity contribution in [2.24, 2.45) is 0 Å². The van der Waals surface area contributed by atoms with Crippen molar-refractivity contribution in [3.05, 3.63) is 46.8 Å². The standard InChI is InChI=1S/C11H9BrFN3/c12-9-5-7(13)1-2-10(9)16-8-3-4-15-11(14)6-8/h1-6H,(H3,14,15,16). The first-order valence-electron chi connectivity index (χ1n) is 4.59. The van der Waals surface area contributed by atoms with E-state index < -0.39 is 0 Å². The highest BCUT2D eigenvalue weighted by molar-refractivity contribution is 9.10. The van der Waals surface area contributed by atoms with Crippen molar-refractivity contribution in [3.8, 4) is 0 Å². The van der Waals surface area contributed by atoms with Crippen LogP contribution in [0, 0.1) is 5.82 Å². The van der Waals surface area contributed by atoms with E-state index in [-0.39, 0.29) is 5.82 Å². The lowest BCUT2D eigenvalue weighted by Crippen LogP contribution is -1.95. The van der Waals surface area contributed by atoms with Gasteiger partial charge in [-0.1, -0.05) is 0 Å². The Bertz CT molecular complexity index is 516. The summed E-state index contributed by atoms with van der Waals surface area (Å²) in [6.07, 6.45) is 1.61. The van der Waals surface area contributed by atoms with Crippen LogP contribution in [0.2, 0.25) is 0 Å².